The summed E-state index contributed by atoms with van der Waals surface area (Å²) in [6, 6.07) is 10.8. The number of nitrogens with one attached hydrogen (secondary N) is 1. The van der Waals surface area contributed by atoms with Crippen LogP contribution >= 0.6 is 0 Å². The molecule has 1 unspecified atom stereocenters. The van der Waals surface area contributed by atoms with Gasteiger partial charge in [0, 0.05) is 25.2 Å². The zero-order valence-electron chi connectivity index (χ0n) is 19.9. The van der Waals surface area contributed by atoms with Crippen LogP contribution in [0.1, 0.15) is 42.9 Å². The number of amides is 1. The molecule has 1 fully saturated rings. The maximum Gasteiger partial charge on any atom is 0.271 e. The summed E-state index contributed by atoms with van der Waals surface area (Å²) in [5.74, 6) is -0.482. The van der Waals surface area contributed by atoms with Crippen molar-refractivity contribution in [1.82, 2.24) is 10.2 Å². The van der Waals surface area contributed by atoms with Crippen LogP contribution < -0.4 is 9.62 Å². The Balaban J connectivity index is 1.78. The van der Waals surface area contributed by atoms with Crippen LogP contribution in [-0.2, 0) is 27.9 Å². The van der Waals surface area contributed by atoms with E-state index in [0.29, 0.717) is 5.56 Å². The van der Waals surface area contributed by atoms with Gasteiger partial charge in [-0.3, -0.25) is 24.1 Å². The van der Waals surface area contributed by atoms with E-state index in [9.17, 15) is 23.3 Å². The molecule has 1 aliphatic heterocycles. The van der Waals surface area contributed by atoms with Gasteiger partial charge in [0.15, 0.2) is 0 Å². The van der Waals surface area contributed by atoms with Crippen molar-refractivity contribution in [3.63, 3.8) is 0 Å². The number of nitrogens with zero attached hydrogens (tertiary/aromatic N) is 3. The SMILES string of the molecule is Cc1ccc([N+](=O)[O-])cc1N(C(C)C(=O)NCc1ccccc1CN1CCCCC1)S(C)(=O)=O. The fraction of sp³-hybridized carbons (Fsp3) is 0.458. The highest BCUT2D eigenvalue weighted by Crippen LogP contribution is 2.29. The van der Waals surface area contributed by atoms with Gasteiger partial charge in [-0.1, -0.05) is 36.8 Å². The fourth-order valence-corrected chi connectivity index (χ4v) is 5.53. The average Bonchev–Trinajstić information content (AvgIpc) is 2.79. The van der Waals surface area contributed by atoms with Crippen LogP contribution in [0.5, 0.6) is 0 Å². The van der Waals surface area contributed by atoms with Crippen LogP contribution in [0.15, 0.2) is 42.5 Å². The van der Waals surface area contributed by atoms with Gasteiger partial charge in [-0.15, -0.1) is 0 Å². The van der Waals surface area contributed by atoms with Gasteiger partial charge in [-0.2, -0.15) is 0 Å². The molecule has 0 radical (unpaired) electrons. The predicted molar refractivity (Wildman–Crippen MR) is 132 cm³/mol. The Labute approximate surface area is 201 Å². The molecule has 2 aromatic rings. The van der Waals surface area contributed by atoms with Gasteiger partial charge in [-0.25, -0.2) is 8.42 Å². The Bertz CT molecular complexity index is 1150. The fourth-order valence-electron chi connectivity index (χ4n) is 4.30. The number of piperidine rings is 1. The molecule has 1 N–H and O–H groups in total. The number of carbonyl (C=O) groups is 1. The van der Waals surface area contributed by atoms with Gasteiger partial charge in [0.25, 0.3) is 5.69 Å². The number of nitro groups is 1. The molecule has 34 heavy (non-hydrogen) atoms. The number of aryl methyl sites for hydroxylation is 1. The second-order valence-corrected chi connectivity index (χ2v) is 10.6. The van der Waals surface area contributed by atoms with E-state index >= 15 is 0 Å². The van der Waals surface area contributed by atoms with E-state index in [4.69, 9.17) is 0 Å². The first-order chi connectivity index (χ1) is 16.1. The molecular weight excluding hydrogens is 456 g/mol. The first-order valence-electron chi connectivity index (χ1n) is 11.4. The van der Waals surface area contributed by atoms with Gasteiger partial charge in [0.2, 0.25) is 15.9 Å². The molecule has 184 valence electrons. The number of non-ortho nitro benzene ring substituents is 1. The molecule has 1 heterocycles. The minimum Gasteiger partial charge on any atom is -0.350 e. The zero-order chi connectivity index (χ0) is 24.9. The summed E-state index contributed by atoms with van der Waals surface area (Å²) in [5.41, 5.74) is 2.50. The second kappa shape index (κ2) is 11.0. The lowest BCUT2D eigenvalue weighted by Crippen LogP contribution is -2.48. The minimum atomic E-state index is -3.89. The molecule has 1 atom stereocenters. The van der Waals surface area contributed by atoms with E-state index in [1.165, 1.54) is 44.4 Å². The van der Waals surface area contributed by atoms with E-state index < -0.39 is 26.9 Å². The third-order valence-corrected chi connectivity index (χ3v) is 7.37. The van der Waals surface area contributed by atoms with Gasteiger partial charge in [-0.05, 0) is 56.5 Å². The first-order valence-corrected chi connectivity index (χ1v) is 13.2. The van der Waals surface area contributed by atoms with Crippen LogP contribution in [-0.4, -0.2) is 49.5 Å². The van der Waals surface area contributed by atoms with Crippen molar-refractivity contribution in [2.75, 3.05) is 23.7 Å². The Hall–Kier alpha value is -2.98. The minimum absolute atomic E-state index is 0.116. The molecule has 0 aromatic heterocycles. The highest BCUT2D eigenvalue weighted by molar-refractivity contribution is 7.92. The number of hydrogen-bond donors (Lipinski definition) is 1. The normalized spacial score (nSPS) is 15.5. The summed E-state index contributed by atoms with van der Waals surface area (Å²) < 4.78 is 26.2. The summed E-state index contributed by atoms with van der Waals surface area (Å²) >= 11 is 0. The molecule has 0 saturated carbocycles. The largest absolute Gasteiger partial charge is 0.350 e. The third kappa shape index (κ3) is 6.32. The number of carbonyl (C=O) groups excluding carboxylic acids is 1. The summed E-state index contributed by atoms with van der Waals surface area (Å²) in [7, 11) is -3.89. The Morgan fingerprint density at radius 2 is 1.79 bits per heavy atom. The summed E-state index contributed by atoms with van der Waals surface area (Å²) in [6.07, 6.45) is 4.62. The molecule has 1 amide bonds. The summed E-state index contributed by atoms with van der Waals surface area (Å²) in [5, 5.41) is 14.1. The lowest BCUT2D eigenvalue weighted by atomic mass is 10.0. The molecule has 1 aliphatic rings. The number of benzene rings is 2. The monoisotopic (exact) mass is 488 g/mol. The van der Waals surface area contributed by atoms with E-state index in [1.54, 1.807) is 6.92 Å². The quantitative estimate of drug-likeness (QED) is 0.428. The average molecular weight is 489 g/mol. The maximum atomic E-state index is 13.0. The molecule has 3 rings (SSSR count). The number of sulfonamides is 1. The second-order valence-electron chi connectivity index (χ2n) is 8.79. The van der Waals surface area contributed by atoms with Crippen molar-refractivity contribution < 1.29 is 18.1 Å². The van der Waals surface area contributed by atoms with Gasteiger partial charge in [0.05, 0.1) is 16.9 Å². The van der Waals surface area contributed by atoms with Gasteiger partial charge >= 0.3 is 0 Å². The van der Waals surface area contributed by atoms with Crippen molar-refractivity contribution in [3.05, 3.63) is 69.3 Å². The Kier molecular flexibility index (Phi) is 8.27. The van der Waals surface area contributed by atoms with Crippen molar-refractivity contribution in [3.8, 4) is 0 Å². The number of hydrogen-bond acceptors (Lipinski definition) is 6. The van der Waals surface area contributed by atoms with Crippen LogP contribution in [0.25, 0.3) is 0 Å². The van der Waals surface area contributed by atoms with Crippen LogP contribution in [0, 0.1) is 17.0 Å². The zero-order valence-corrected chi connectivity index (χ0v) is 20.7. The van der Waals surface area contributed by atoms with Gasteiger partial charge in [0.1, 0.15) is 6.04 Å². The third-order valence-electron chi connectivity index (χ3n) is 6.14. The Morgan fingerprint density at radius 1 is 1.15 bits per heavy atom. The highest BCUT2D eigenvalue weighted by Gasteiger charge is 2.31. The van der Waals surface area contributed by atoms with Crippen LogP contribution in [0.4, 0.5) is 11.4 Å². The predicted octanol–water partition coefficient (Wildman–Crippen LogP) is 3.36. The molecule has 9 nitrogen and oxygen atoms in total. The van der Waals surface area contributed by atoms with E-state index in [1.807, 2.05) is 18.2 Å². The number of rotatable bonds is 9. The Morgan fingerprint density at radius 3 is 2.41 bits per heavy atom. The lowest BCUT2D eigenvalue weighted by molar-refractivity contribution is -0.384. The summed E-state index contributed by atoms with van der Waals surface area (Å²) in [6.45, 7) is 6.32. The maximum absolute atomic E-state index is 13.0. The van der Waals surface area contributed by atoms with Crippen LogP contribution in [0.3, 0.4) is 0 Å². The van der Waals surface area contributed by atoms with Crippen molar-refractivity contribution in [1.29, 1.82) is 0 Å². The first kappa shape index (κ1) is 25.6. The van der Waals surface area contributed by atoms with Crippen molar-refractivity contribution in [2.24, 2.45) is 0 Å². The van der Waals surface area contributed by atoms with E-state index in [2.05, 4.69) is 16.3 Å². The standard InChI is InChI=1S/C24H32N4O5S/c1-18-11-12-22(28(30)31)15-23(18)27(34(3,32)33)19(2)24(29)25-16-20-9-5-6-10-21(20)17-26-13-7-4-8-14-26/h5-6,9-12,15,19H,4,7-8,13-14,16-17H2,1-3H3,(H,25,29). The molecule has 0 spiro atoms. The van der Waals surface area contributed by atoms with E-state index in [-0.39, 0.29) is 17.9 Å². The lowest BCUT2D eigenvalue weighted by Gasteiger charge is -2.29. The van der Waals surface area contributed by atoms with E-state index in [0.717, 1.165) is 41.3 Å². The topological polar surface area (TPSA) is 113 Å². The molecule has 2 aromatic carbocycles. The molecule has 1 saturated heterocycles. The molecule has 0 aliphatic carbocycles. The van der Waals surface area contributed by atoms with Crippen LogP contribution in [0.2, 0.25) is 0 Å². The number of likely N-dealkylation sites (tertiary alicyclic amines) is 1. The molecule has 0 bridgehead atoms. The smallest absolute Gasteiger partial charge is 0.271 e. The van der Waals surface area contributed by atoms with Crippen molar-refractivity contribution >= 4 is 27.3 Å². The highest BCUT2D eigenvalue weighted by atomic mass is 32.2. The number of nitro benzene ring substituents is 1. The number of anilines is 1. The van der Waals surface area contributed by atoms with Gasteiger partial charge < -0.3 is 5.32 Å². The molecular formula is C24H32N4O5S. The summed E-state index contributed by atoms with van der Waals surface area (Å²) in [4.78, 5) is 26.1. The molecule has 10 heteroatoms. The van der Waals surface area contributed by atoms with Crippen molar-refractivity contribution in [2.45, 2.75) is 52.2 Å².